The lowest BCUT2D eigenvalue weighted by Crippen LogP contribution is -2.35. The highest BCUT2D eigenvalue weighted by Gasteiger charge is 2.11. The second-order valence-electron chi connectivity index (χ2n) is 2.47. The number of nitrogens with one attached hydrogen (secondary N) is 1. The van der Waals surface area contributed by atoms with Gasteiger partial charge in [0.05, 0.1) is 5.69 Å². The van der Waals surface area contributed by atoms with E-state index in [1.54, 1.807) is 18.2 Å². The van der Waals surface area contributed by atoms with E-state index in [2.05, 4.69) is 37.2 Å². The summed E-state index contributed by atoms with van der Waals surface area (Å²) in [6.07, 6.45) is 0. The fourth-order valence-corrected chi connectivity index (χ4v) is 1.45. The monoisotopic (exact) mass is 322 g/mol. The average molecular weight is 324 g/mol. The minimum Gasteiger partial charge on any atom is -0.339 e. The van der Waals surface area contributed by atoms with Gasteiger partial charge in [-0.1, -0.05) is 0 Å². The lowest BCUT2D eigenvalue weighted by Gasteiger charge is -2.14. The Labute approximate surface area is 98.1 Å². The molecule has 1 rings (SSSR count). The summed E-state index contributed by atoms with van der Waals surface area (Å²) in [5.41, 5.74) is 0.388. The van der Waals surface area contributed by atoms with Crippen LogP contribution in [0.4, 0.5) is 10.5 Å². The second kappa shape index (κ2) is 4.77. The average Bonchev–Trinajstić information content (AvgIpc) is 2.20. The van der Waals surface area contributed by atoms with Crippen molar-refractivity contribution in [1.29, 1.82) is 0 Å². The van der Waals surface area contributed by atoms with Crippen molar-refractivity contribution < 1.29 is 10.0 Å². The Hall–Kier alpha value is -0.590. The van der Waals surface area contributed by atoms with Gasteiger partial charge in [0, 0.05) is 16.0 Å². The Morgan fingerprint density at radius 1 is 1.43 bits per heavy atom. The van der Waals surface area contributed by atoms with E-state index < -0.39 is 6.03 Å². The van der Waals surface area contributed by atoms with Gasteiger partial charge in [-0.2, -0.15) is 5.06 Å². The predicted octanol–water partition coefficient (Wildman–Crippen LogP) is 2.75. The number of hydroxylamine groups is 1. The molecule has 1 aromatic carbocycles. The molecule has 76 valence electrons. The molecule has 0 fully saturated rings. The van der Waals surface area contributed by atoms with Gasteiger partial charge in [0.15, 0.2) is 0 Å². The van der Waals surface area contributed by atoms with Crippen LogP contribution >= 0.6 is 31.9 Å². The largest absolute Gasteiger partial charge is 0.345 e. The van der Waals surface area contributed by atoms with Gasteiger partial charge in [0.1, 0.15) is 0 Å². The van der Waals surface area contributed by atoms with E-state index in [1.807, 2.05) is 0 Å². The molecule has 0 heterocycles. The molecule has 0 spiro atoms. The number of carbonyl (C=O) groups is 1. The molecule has 0 aromatic heterocycles. The van der Waals surface area contributed by atoms with Crippen LogP contribution in [0.25, 0.3) is 0 Å². The summed E-state index contributed by atoms with van der Waals surface area (Å²) in [5, 5.41) is 12.2. The van der Waals surface area contributed by atoms with E-state index in [0.717, 1.165) is 8.95 Å². The van der Waals surface area contributed by atoms with Crippen LogP contribution in [0.2, 0.25) is 0 Å². The molecule has 4 nitrogen and oxygen atoms in total. The van der Waals surface area contributed by atoms with Gasteiger partial charge < -0.3 is 5.32 Å². The van der Waals surface area contributed by atoms with Crippen LogP contribution in [0.5, 0.6) is 0 Å². The highest BCUT2D eigenvalue weighted by molar-refractivity contribution is 9.13. The molecule has 14 heavy (non-hydrogen) atoms. The predicted molar refractivity (Wildman–Crippen MR) is 60.6 cm³/mol. The van der Waals surface area contributed by atoms with Gasteiger partial charge in [0.2, 0.25) is 0 Å². The molecular weight excluding hydrogens is 316 g/mol. The number of hydrogen-bond donors (Lipinski definition) is 2. The van der Waals surface area contributed by atoms with Crippen LogP contribution in [0.15, 0.2) is 27.1 Å². The lowest BCUT2D eigenvalue weighted by atomic mass is 10.3. The SMILES string of the molecule is CNC(=O)N(O)c1ccc(Br)c(Br)c1. The summed E-state index contributed by atoms with van der Waals surface area (Å²) in [4.78, 5) is 11.0. The molecule has 0 unspecified atom stereocenters. The second-order valence-corrected chi connectivity index (χ2v) is 4.17. The quantitative estimate of drug-likeness (QED) is 0.617. The van der Waals surface area contributed by atoms with Crippen molar-refractivity contribution >= 4 is 43.6 Å². The number of anilines is 1. The van der Waals surface area contributed by atoms with Crippen molar-refractivity contribution in [2.45, 2.75) is 0 Å². The number of amides is 2. The van der Waals surface area contributed by atoms with Crippen molar-refractivity contribution in [2.24, 2.45) is 0 Å². The third-order valence-corrected chi connectivity index (χ3v) is 3.43. The van der Waals surface area contributed by atoms with Crippen molar-refractivity contribution in [3.8, 4) is 0 Å². The lowest BCUT2D eigenvalue weighted by molar-refractivity contribution is 0.206. The van der Waals surface area contributed by atoms with E-state index in [-0.39, 0.29) is 0 Å². The number of benzene rings is 1. The van der Waals surface area contributed by atoms with Gasteiger partial charge in [-0.05, 0) is 50.1 Å². The molecule has 0 atom stereocenters. The van der Waals surface area contributed by atoms with Crippen LogP contribution in [0, 0.1) is 0 Å². The van der Waals surface area contributed by atoms with Crippen molar-refractivity contribution in [3.63, 3.8) is 0 Å². The first-order valence-corrected chi connectivity index (χ1v) is 5.30. The summed E-state index contributed by atoms with van der Waals surface area (Å²) >= 11 is 6.55. The molecule has 0 aliphatic rings. The Morgan fingerprint density at radius 3 is 2.57 bits per heavy atom. The highest BCUT2D eigenvalue weighted by atomic mass is 79.9. The summed E-state index contributed by atoms with van der Waals surface area (Å²) < 4.78 is 1.62. The van der Waals surface area contributed by atoms with E-state index in [0.29, 0.717) is 10.8 Å². The number of carbonyl (C=O) groups excluding carboxylic acids is 1. The fourth-order valence-electron chi connectivity index (χ4n) is 0.840. The van der Waals surface area contributed by atoms with E-state index in [9.17, 15) is 10.0 Å². The zero-order valence-electron chi connectivity index (χ0n) is 7.29. The van der Waals surface area contributed by atoms with E-state index in [4.69, 9.17) is 0 Å². The van der Waals surface area contributed by atoms with Crippen LogP contribution in [-0.2, 0) is 0 Å². The van der Waals surface area contributed by atoms with Crippen LogP contribution < -0.4 is 10.4 Å². The maximum absolute atomic E-state index is 11.0. The Bertz CT molecular complexity index is 357. The molecular formula is C8H8Br2N2O2. The van der Waals surface area contributed by atoms with Gasteiger partial charge in [0.25, 0.3) is 0 Å². The van der Waals surface area contributed by atoms with Gasteiger partial charge in [-0.15, -0.1) is 0 Å². The van der Waals surface area contributed by atoms with Crippen molar-refractivity contribution in [3.05, 3.63) is 27.1 Å². The van der Waals surface area contributed by atoms with Crippen LogP contribution in [0.3, 0.4) is 0 Å². The molecule has 1 aromatic rings. The highest BCUT2D eigenvalue weighted by Crippen LogP contribution is 2.27. The first-order valence-electron chi connectivity index (χ1n) is 3.72. The Kier molecular flexibility index (Phi) is 3.91. The summed E-state index contributed by atoms with van der Waals surface area (Å²) in [6, 6.07) is 4.38. The molecule has 0 aliphatic carbocycles. The number of urea groups is 1. The van der Waals surface area contributed by atoms with Gasteiger partial charge >= 0.3 is 6.03 Å². The zero-order valence-corrected chi connectivity index (χ0v) is 10.5. The first kappa shape index (κ1) is 11.5. The summed E-state index contributed by atoms with van der Waals surface area (Å²) in [7, 11) is 1.44. The molecule has 6 heteroatoms. The maximum atomic E-state index is 11.0. The minimum absolute atomic E-state index is 0.388. The molecule has 0 aliphatic heterocycles. The van der Waals surface area contributed by atoms with Crippen LogP contribution in [-0.4, -0.2) is 18.3 Å². The number of halogens is 2. The fraction of sp³-hybridized carbons (Fsp3) is 0.125. The standard InChI is InChI=1S/C8H8Br2N2O2/c1-11-8(13)12(14)5-2-3-6(9)7(10)4-5/h2-4,14H,1H3,(H,11,13). The summed E-state index contributed by atoms with van der Waals surface area (Å²) in [5.74, 6) is 0. The van der Waals surface area contributed by atoms with Crippen molar-refractivity contribution in [1.82, 2.24) is 5.32 Å². The molecule has 0 radical (unpaired) electrons. The maximum Gasteiger partial charge on any atom is 0.345 e. The van der Waals surface area contributed by atoms with Crippen molar-refractivity contribution in [2.75, 3.05) is 12.1 Å². The molecule has 0 saturated heterocycles. The number of hydrogen-bond acceptors (Lipinski definition) is 2. The molecule has 0 bridgehead atoms. The third-order valence-electron chi connectivity index (χ3n) is 1.55. The summed E-state index contributed by atoms with van der Waals surface area (Å²) in [6.45, 7) is 0. The molecule has 2 amide bonds. The zero-order chi connectivity index (χ0) is 10.7. The number of nitrogens with zero attached hydrogens (tertiary/aromatic N) is 1. The Morgan fingerprint density at radius 2 is 2.07 bits per heavy atom. The smallest absolute Gasteiger partial charge is 0.339 e. The topological polar surface area (TPSA) is 52.6 Å². The minimum atomic E-state index is -0.584. The number of rotatable bonds is 1. The molecule has 0 saturated carbocycles. The third kappa shape index (κ3) is 2.46. The first-order chi connectivity index (χ1) is 6.56. The van der Waals surface area contributed by atoms with E-state index >= 15 is 0 Å². The van der Waals surface area contributed by atoms with E-state index in [1.165, 1.54) is 7.05 Å². The van der Waals surface area contributed by atoms with Gasteiger partial charge in [-0.3, -0.25) is 5.21 Å². The molecule has 2 N–H and O–H groups in total. The normalized spacial score (nSPS) is 9.71. The van der Waals surface area contributed by atoms with Gasteiger partial charge in [-0.25, -0.2) is 4.79 Å². The Balaban J connectivity index is 2.96. The van der Waals surface area contributed by atoms with Crippen LogP contribution in [0.1, 0.15) is 0 Å².